The predicted octanol–water partition coefficient (Wildman–Crippen LogP) is 4.49. The van der Waals surface area contributed by atoms with E-state index in [1.165, 1.54) is 19.1 Å². The summed E-state index contributed by atoms with van der Waals surface area (Å²) in [4.78, 5) is 11.3. The van der Waals surface area contributed by atoms with Gasteiger partial charge in [0.1, 0.15) is 5.82 Å². The second kappa shape index (κ2) is 9.85. The molecule has 1 amide bonds. The Balaban J connectivity index is 1.53. The van der Waals surface area contributed by atoms with Crippen LogP contribution >= 0.6 is 0 Å². The molecular weight excluding hydrogens is 448 g/mol. The topological polar surface area (TPSA) is 71.8 Å². The Morgan fingerprint density at radius 2 is 1.91 bits per heavy atom. The Bertz CT molecular complexity index is 1220. The van der Waals surface area contributed by atoms with Gasteiger partial charge in [-0.2, -0.15) is 0 Å². The molecule has 1 saturated heterocycles. The average molecular weight is 480 g/mol. The molecule has 0 bridgehead atoms. The minimum absolute atomic E-state index is 0.00547. The van der Waals surface area contributed by atoms with Crippen LogP contribution in [0.3, 0.4) is 0 Å². The summed E-state index contributed by atoms with van der Waals surface area (Å²) in [5.74, 6) is 0.0388. The second-order valence-corrected chi connectivity index (χ2v) is 9.80. The van der Waals surface area contributed by atoms with Crippen LogP contribution in [0.25, 0.3) is 11.4 Å². The van der Waals surface area contributed by atoms with Crippen molar-refractivity contribution in [1.29, 1.82) is 0 Å². The number of carbonyl (C=O) groups excluding carboxylic acids is 1. The molecule has 8 heteroatoms. The van der Waals surface area contributed by atoms with Crippen LogP contribution in [-0.4, -0.2) is 39.8 Å². The van der Waals surface area contributed by atoms with E-state index in [2.05, 4.69) is 39.4 Å². The maximum atomic E-state index is 14.1. The molecule has 2 aromatic carbocycles. The molecule has 3 atom stereocenters. The summed E-state index contributed by atoms with van der Waals surface area (Å²) in [5, 5.41) is 15.8. The van der Waals surface area contributed by atoms with Gasteiger partial charge >= 0.3 is 0 Å². The maximum Gasteiger partial charge on any atom is 0.216 e. The van der Waals surface area contributed by atoms with Crippen molar-refractivity contribution in [1.82, 2.24) is 25.4 Å². The predicted molar refractivity (Wildman–Crippen MR) is 130 cm³/mol. The number of piperidine rings is 1. The summed E-state index contributed by atoms with van der Waals surface area (Å²) in [7, 11) is 0. The van der Waals surface area contributed by atoms with Crippen LogP contribution in [0, 0.1) is 11.6 Å². The molecule has 6 nitrogen and oxygen atoms in total. The third-order valence-corrected chi connectivity index (χ3v) is 7.14. The Kier molecular flexibility index (Phi) is 6.65. The van der Waals surface area contributed by atoms with Gasteiger partial charge in [0.15, 0.2) is 17.5 Å². The highest BCUT2D eigenvalue weighted by atomic mass is 19.2. The molecule has 0 spiro atoms. The summed E-state index contributed by atoms with van der Waals surface area (Å²) in [5.41, 5.74) is 2.92. The van der Waals surface area contributed by atoms with Gasteiger partial charge in [-0.1, -0.05) is 30.3 Å². The lowest BCUT2D eigenvalue weighted by Crippen LogP contribution is -2.41. The number of halogens is 2. The standard InChI is InChI=1S/C27H31F2N5O/c1-16-13-22(19-7-10-24(28)25(29)14-19)23(15-31-16)27-33-32-26(34(27)20-8-9-20)21-6-4-3-5-18(21)11-12-30-17(2)35/h3-7,10,14,16,20,22-23,31H,8-9,11-13,15H2,1-2H3,(H,30,35)/t16-,22-,23-/m0/s1. The molecular formula is C27H31F2N5O. The van der Waals surface area contributed by atoms with Gasteiger partial charge in [-0.15, -0.1) is 10.2 Å². The van der Waals surface area contributed by atoms with Crippen molar-refractivity contribution in [2.75, 3.05) is 13.1 Å². The molecule has 0 radical (unpaired) electrons. The molecule has 2 heterocycles. The largest absolute Gasteiger partial charge is 0.356 e. The number of carbonyl (C=O) groups is 1. The zero-order valence-electron chi connectivity index (χ0n) is 20.1. The van der Waals surface area contributed by atoms with Gasteiger partial charge in [0, 0.05) is 43.6 Å². The molecule has 1 aliphatic heterocycles. The van der Waals surface area contributed by atoms with Crippen LogP contribution in [-0.2, 0) is 11.2 Å². The van der Waals surface area contributed by atoms with Crippen molar-refractivity contribution in [3.8, 4) is 11.4 Å². The van der Waals surface area contributed by atoms with Crippen molar-refractivity contribution >= 4 is 5.91 Å². The van der Waals surface area contributed by atoms with E-state index in [0.717, 1.165) is 47.6 Å². The number of rotatable bonds is 7. The van der Waals surface area contributed by atoms with Crippen LogP contribution in [0.15, 0.2) is 42.5 Å². The van der Waals surface area contributed by atoms with E-state index in [0.29, 0.717) is 25.6 Å². The number of amides is 1. The van der Waals surface area contributed by atoms with Crippen molar-refractivity contribution in [3.63, 3.8) is 0 Å². The summed E-state index contributed by atoms with van der Waals surface area (Å²) >= 11 is 0. The first kappa shape index (κ1) is 23.6. The summed E-state index contributed by atoms with van der Waals surface area (Å²) in [6.45, 7) is 4.88. The lowest BCUT2D eigenvalue weighted by Gasteiger charge is -2.36. The fraction of sp³-hybridized carbons (Fsp3) is 0.444. The van der Waals surface area contributed by atoms with Gasteiger partial charge in [-0.25, -0.2) is 8.78 Å². The van der Waals surface area contributed by atoms with E-state index in [1.807, 2.05) is 12.1 Å². The van der Waals surface area contributed by atoms with E-state index in [4.69, 9.17) is 5.10 Å². The molecule has 35 heavy (non-hydrogen) atoms. The number of aromatic nitrogens is 3. The number of hydrogen-bond donors (Lipinski definition) is 2. The number of hydrogen-bond acceptors (Lipinski definition) is 4. The lowest BCUT2D eigenvalue weighted by atomic mass is 9.78. The van der Waals surface area contributed by atoms with Crippen LogP contribution in [0.5, 0.6) is 0 Å². The minimum atomic E-state index is -0.827. The van der Waals surface area contributed by atoms with E-state index >= 15 is 0 Å². The zero-order valence-corrected chi connectivity index (χ0v) is 20.1. The van der Waals surface area contributed by atoms with E-state index in [1.54, 1.807) is 6.07 Å². The van der Waals surface area contributed by atoms with Crippen LogP contribution in [0.1, 0.15) is 67.9 Å². The number of nitrogens with one attached hydrogen (secondary N) is 2. The Hall–Kier alpha value is -3.13. The highest BCUT2D eigenvalue weighted by Crippen LogP contribution is 2.45. The Labute approximate surface area is 204 Å². The smallest absolute Gasteiger partial charge is 0.216 e. The SMILES string of the molecule is CC(=O)NCCc1ccccc1-c1nnc([C@H]2CN[C@@H](C)C[C@H]2c2ccc(F)c(F)c2)n1C1CC1. The molecule has 1 aromatic heterocycles. The third kappa shape index (κ3) is 4.98. The van der Waals surface area contributed by atoms with Crippen molar-refractivity contribution in [3.05, 3.63) is 71.1 Å². The number of benzene rings is 2. The van der Waals surface area contributed by atoms with Gasteiger partial charge in [-0.3, -0.25) is 4.79 Å². The lowest BCUT2D eigenvalue weighted by molar-refractivity contribution is -0.118. The Morgan fingerprint density at radius 3 is 2.66 bits per heavy atom. The minimum Gasteiger partial charge on any atom is -0.356 e. The second-order valence-electron chi connectivity index (χ2n) is 9.80. The van der Waals surface area contributed by atoms with Crippen LogP contribution in [0.2, 0.25) is 0 Å². The summed E-state index contributed by atoms with van der Waals surface area (Å²) in [6, 6.07) is 13.0. The first-order chi connectivity index (χ1) is 16.9. The quantitative estimate of drug-likeness (QED) is 0.524. The van der Waals surface area contributed by atoms with Crippen molar-refractivity contribution < 1.29 is 13.6 Å². The third-order valence-electron chi connectivity index (χ3n) is 7.14. The normalized spacial score (nSPS) is 22.2. The Morgan fingerprint density at radius 1 is 1.11 bits per heavy atom. The molecule has 2 N–H and O–H groups in total. The van der Waals surface area contributed by atoms with Gasteiger partial charge in [0.05, 0.1) is 0 Å². The van der Waals surface area contributed by atoms with E-state index in [-0.39, 0.29) is 23.8 Å². The number of nitrogens with zero attached hydrogens (tertiary/aromatic N) is 3. The first-order valence-corrected chi connectivity index (χ1v) is 12.4. The molecule has 2 aliphatic rings. The molecule has 1 aliphatic carbocycles. The van der Waals surface area contributed by atoms with Crippen molar-refractivity contribution in [2.24, 2.45) is 0 Å². The van der Waals surface area contributed by atoms with Crippen LogP contribution < -0.4 is 10.6 Å². The van der Waals surface area contributed by atoms with Gasteiger partial charge in [0.2, 0.25) is 5.91 Å². The highest BCUT2D eigenvalue weighted by Gasteiger charge is 2.38. The molecule has 5 rings (SSSR count). The van der Waals surface area contributed by atoms with E-state index in [9.17, 15) is 13.6 Å². The van der Waals surface area contributed by atoms with Gasteiger partial charge < -0.3 is 15.2 Å². The van der Waals surface area contributed by atoms with Gasteiger partial charge in [0.25, 0.3) is 0 Å². The molecule has 0 unspecified atom stereocenters. The van der Waals surface area contributed by atoms with Crippen molar-refractivity contribution in [2.45, 2.75) is 63.5 Å². The zero-order chi connectivity index (χ0) is 24.5. The van der Waals surface area contributed by atoms with Crippen LogP contribution in [0.4, 0.5) is 8.78 Å². The highest BCUT2D eigenvalue weighted by molar-refractivity contribution is 5.72. The monoisotopic (exact) mass is 479 g/mol. The molecule has 3 aromatic rings. The first-order valence-electron chi connectivity index (χ1n) is 12.4. The summed E-state index contributed by atoms with van der Waals surface area (Å²) < 4.78 is 30.1. The fourth-order valence-corrected chi connectivity index (χ4v) is 5.24. The summed E-state index contributed by atoms with van der Waals surface area (Å²) in [6.07, 6.45) is 3.63. The van der Waals surface area contributed by atoms with Gasteiger partial charge in [-0.05, 0) is 61.8 Å². The fourth-order valence-electron chi connectivity index (χ4n) is 5.24. The average Bonchev–Trinajstić information content (AvgIpc) is 3.59. The molecule has 1 saturated carbocycles. The maximum absolute atomic E-state index is 14.1. The molecule has 2 fully saturated rings. The molecule has 184 valence electrons. The van der Waals surface area contributed by atoms with E-state index < -0.39 is 11.6 Å².